The molecule has 0 aliphatic heterocycles. The zero-order valence-electron chi connectivity index (χ0n) is 12.0. The highest BCUT2D eigenvalue weighted by Gasteiger charge is 2.15. The maximum Gasteiger partial charge on any atom is 0.339 e. The standard InChI is InChI=1S/C14H18N2O4/c1-8-5-9(2)13(10(3)6-8)14(19)20-7-12(18)16-15-11(4)17/h5-6H,7H2,1-4H3,(H,15,17)(H,16,18). The number of rotatable bonds is 3. The van der Waals surface area contributed by atoms with Crippen LogP contribution in [0.3, 0.4) is 0 Å². The number of esters is 1. The predicted octanol–water partition coefficient (Wildman–Crippen LogP) is 0.936. The summed E-state index contributed by atoms with van der Waals surface area (Å²) in [4.78, 5) is 33.9. The molecule has 0 unspecified atom stereocenters. The van der Waals surface area contributed by atoms with E-state index < -0.39 is 24.4 Å². The van der Waals surface area contributed by atoms with E-state index in [1.54, 1.807) is 0 Å². The molecule has 1 rings (SSSR count). The molecule has 0 saturated carbocycles. The third-order valence-corrected chi connectivity index (χ3v) is 2.59. The first-order valence-electron chi connectivity index (χ1n) is 6.11. The molecule has 6 nitrogen and oxygen atoms in total. The van der Waals surface area contributed by atoms with Crippen molar-refractivity contribution >= 4 is 17.8 Å². The van der Waals surface area contributed by atoms with Crippen LogP contribution < -0.4 is 10.9 Å². The number of nitrogens with one attached hydrogen (secondary N) is 2. The maximum absolute atomic E-state index is 12.0. The van der Waals surface area contributed by atoms with E-state index in [4.69, 9.17) is 4.74 Å². The van der Waals surface area contributed by atoms with Crippen LogP contribution in [0.25, 0.3) is 0 Å². The van der Waals surface area contributed by atoms with Crippen LogP contribution in [0.15, 0.2) is 12.1 Å². The van der Waals surface area contributed by atoms with E-state index in [1.165, 1.54) is 6.92 Å². The van der Waals surface area contributed by atoms with Gasteiger partial charge in [-0.2, -0.15) is 0 Å². The van der Waals surface area contributed by atoms with E-state index >= 15 is 0 Å². The van der Waals surface area contributed by atoms with Crippen LogP contribution in [0.1, 0.15) is 34.0 Å². The van der Waals surface area contributed by atoms with E-state index in [1.807, 2.05) is 32.9 Å². The largest absolute Gasteiger partial charge is 0.452 e. The van der Waals surface area contributed by atoms with Crippen LogP contribution >= 0.6 is 0 Å². The monoisotopic (exact) mass is 278 g/mol. The zero-order chi connectivity index (χ0) is 15.3. The van der Waals surface area contributed by atoms with Gasteiger partial charge in [-0.05, 0) is 31.9 Å². The Hall–Kier alpha value is -2.37. The van der Waals surface area contributed by atoms with E-state index in [0.717, 1.165) is 16.7 Å². The van der Waals surface area contributed by atoms with Crippen LogP contribution in [-0.2, 0) is 14.3 Å². The molecule has 0 heterocycles. The summed E-state index contributed by atoms with van der Waals surface area (Å²) in [7, 11) is 0. The van der Waals surface area contributed by atoms with Crippen LogP contribution in [0.4, 0.5) is 0 Å². The summed E-state index contributed by atoms with van der Waals surface area (Å²) in [5.74, 6) is -1.57. The number of ether oxygens (including phenoxy) is 1. The van der Waals surface area contributed by atoms with E-state index in [2.05, 4.69) is 10.9 Å². The Labute approximate surface area is 117 Å². The molecule has 2 N–H and O–H groups in total. The Morgan fingerprint density at radius 2 is 1.60 bits per heavy atom. The fraction of sp³-hybridized carbons (Fsp3) is 0.357. The van der Waals surface area contributed by atoms with Gasteiger partial charge < -0.3 is 4.74 Å². The van der Waals surface area contributed by atoms with Crippen molar-refractivity contribution in [1.82, 2.24) is 10.9 Å². The summed E-state index contributed by atoms with van der Waals surface area (Å²) in [5.41, 5.74) is 7.34. The van der Waals surface area contributed by atoms with Crippen molar-refractivity contribution in [3.05, 3.63) is 34.4 Å². The summed E-state index contributed by atoms with van der Waals surface area (Å²) in [5, 5.41) is 0. The molecule has 0 radical (unpaired) electrons. The predicted molar refractivity (Wildman–Crippen MR) is 72.9 cm³/mol. The average Bonchev–Trinajstić information content (AvgIpc) is 2.32. The van der Waals surface area contributed by atoms with Crippen LogP contribution in [0.5, 0.6) is 0 Å². The molecule has 0 bridgehead atoms. The molecule has 1 aromatic carbocycles. The summed E-state index contributed by atoms with van der Waals surface area (Å²) in [6, 6.07) is 3.75. The normalized spacial score (nSPS) is 9.80. The van der Waals surface area contributed by atoms with Gasteiger partial charge in [-0.15, -0.1) is 0 Å². The molecule has 20 heavy (non-hydrogen) atoms. The Balaban J connectivity index is 2.64. The van der Waals surface area contributed by atoms with Crippen molar-refractivity contribution < 1.29 is 19.1 Å². The Bertz CT molecular complexity index is 529. The molecule has 0 atom stereocenters. The molecule has 0 aliphatic rings. The summed E-state index contributed by atoms with van der Waals surface area (Å²) in [6.07, 6.45) is 0. The molecule has 0 spiro atoms. The highest BCUT2D eigenvalue weighted by Crippen LogP contribution is 2.17. The zero-order valence-corrected chi connectivity index (χ0v) is 12.0. The number of hydrogen-bond acceptors (Lipinski definition) is 4. The molecule has 0 fully saturated rings. The second kappa shape index (κ2) is 6.70. The summed E-state index contributed by atoms with van der Waals surface area (Å²) < 4.78 is 4.92. The van der Waals surface area contributed by atoms with Crippen molar-refractivity contribution in [3.63, 3.8) is 0 Å². The van der Waals surface area contributed by atoms with Crippen molar-refractivity contribution in [3.8, 4) is 0 Å². The van der Waals surface area contributed by atoms with Crippen LogP contribution in [0.2, 0.25) is 0 Å². The summed E-state index contributed by atoms with van der Waals surface area (Å²) in [6.45, 7) is 6.37. The number of aryl methyl sites for hydroxylation is 3. The number of amides is 2. The molecular formula is C14H18N2O4. The van der Waals surface area contributed by atoms with Gasteiger partial charge in [0.05, 0.1) is 5.56 Å². The average molecular weight is 278 g/mol. The number of hydrazine groups is 1. The Kier molecular flexibility index (Phi) is 5.25. The van der Waals surface area contributed by atoms with E-state index in [-0.39, 0.29) is 0 Å². The topological polar surface area (TPSA) is 84.5 Å². The lowest BCUT2D eigenvalue weighted by molar-refractivity contribution is -0.129. The highest BCUT2D eigenvalue weighted by molar-refractivity contribution is 5.94. The number of carbonyl (C=O) groups is 3. The third-order valence-electron chi connectivity index (χ3n) is 2.59. The van der Waals surface area contributed by atoms with Gasteiger partial charge in [0.25, 0.3) is 5.91 Å². The highest BCUT2D eigenvalue weighted by atomic mass is 16.5. The second-order valence-corrected chi connectivity index (χ2v) is 4.58. The van der Waals surface area contributed by atoms with Crippen LogP contribution in [-0.4, -0.2) is 24.4 Å². The van der Waals surface area contributed by atoms with Crippen LogP contribution in [0, 0.1) is 20.8 Å². The Morgan fingerprint density at radius 1 is 1.05 bits per heavy atom. The quantitative estimate of drug-likeness (QED) is 0.636. The van der Waals surface area contributed by atoms with Gasteiger partial charge in [-0.25, -0.2) is 4.79 Å². The van der Waals surface area contributed by atoms with Gasteiger partial charge in [-0.3, -0.25) is 20.4 Å². The van der Waals surface area contributed by atoms with Gasteiger partial charge in [0.2, 0.25) is 5.91 Å². The second-order valence-electron chi connectivity index (χ2n) is 4.58. The SMILES string of the molecule is CC(=O)NNC(=O)COC(=O)c1c(C)cc(C)cc1C. The Morgan fingerprint density at radius 3 is 2.10 bits per heavy atom. The molecular weight excluding hydrogens is 260 g/mol. The summed E-state index contributed by atoms with van der Waals surface area (Å²) >= 11 is 0. The van der Waals surface area contributed by atoms with E-state index in [9.17, 15) is 14.4 Å². The first-order valence-corrected chi connectivity index (χ1v) is 6.11. The smallest absolute Gasteiger partial charge is 0.339 e. The van der Waals surface area contributed by atoms with Crippen molar-refractivity contribution in [1.29, 1.82) is 0 Å². The lowest BCUT2D eigenvalue weighted by atomic mass is 10.00. The molecule has 2 amide bonds. The van der Waals surface area contributed by atoms with Gasteiger partial charge >= 0.3 is 5.97 Å². The molecule has 6 heteroatoms. The fourth-order valence-electron chi connectivity index (χ4n) is 1.90. The molecule has 0 aromatic heterocycles. The minimum absolute atomic E-state index is 0.408. The van der Waals surface area contributed by atoms with Gasteiger partial charge in [-0.1, -0.05) is 17.7 Å². The van der Waals surface area contributed by atoms with Gasteiger partial charge in [0.1, 0.15) is 0 Å². The minimum atomic E-state index is -0.601. The number of carbonyl (C=O) groups excluding carboxylic acids is 3. The molecule has 1 aromatic rings. The van der Waals surface area contributed by atoms with Crippen molar-refractivity contribution in [2.75, 3.05) is 6.61 Å². The van der Waals surface area contributed by atoms with Gasteiger partial charge in [0, 0.05) is 6.92 Å². The number of benzene rings is 1. The maximum atomic E-state index is 12.0. The molecule has 0 aliphatic carbocycles. The third kappa shape index (κ3) is 4.38. The van der Waals surface area contributed by atoms with Crippen molar-refractivity contribution in [2.24, 2.45) is 0 Å². The molecule has 0 saturated heterocycles. The number of hydrogen-bond donors (Lipinski definition) is 2. The lowest BCUT2D eigenvalue weighted by Gasteiger charge is -2.11. The van der Waals surface area contributed by atoms with Crippen molar-refractivity contribution in [2.45, 2.75) is 27.7 Å². The first-order chi connectivity index (χ1) is 9.31. The first kappa shape index (κ1) is 15.7. The minimum Gasteiger partial charge on any atom is -0.452 e. The lowest BCUT2D eigenvalue weighted by Crippen LogP contribution is -2.42. The molecule has 108 valence electrons. The fourth-order valence-corrected chi connectivity index (χ4v) is 1.90. The van der Waals surface area contributed by atoms with Gasteiger partial charge in [0.15, 0.2) is 6.61 Å². The van der Waals surface area contributed by atoms with E-state index in [0.29, 0.717) is 5.56 Å².